The summed E-state index contributed by atoms with van der Waals surface area (Å²) in [7, 11) is 0. The van der Waals surface area contributed by atoms with Crippen molar-refractivity contribution in [3.63, 3.8) is 0 Å². The minimum Gasteiger partial charge on any atom is -0.545 e. The standard InChI is InChI=1S/C12H14O2/c1-2-3-9-11(12(13)14)10-7-5-4-6-8-10/h4-9H,2-3H2,1H3,(H,13,14)/p-1/b11-9-. The van der Waals surface area contributed by atoms with Crippen molar-refractivity contribution in [2.24, 2.45) is 0 Å². The lowest BCUT2D eigenvalue weighted by Crippen LogP contribution is -2.23. The lowest BCUT2D eigenvalue weighted by molar-refractivity contribution is -0.295. The molecule has 2 nitrogen and oxygen atoms in total. The van der Waals surface area contributed by atoms with Gasteiger partial charge in [0.15, 0.2) is 0 Å². The van der Waals surface area contributed by atoms with E-state index in [1.54, 1.807) is 18.2 Å². The Hall–Kier alpha value is -1.57. The molecule has 0 aromatic heterocycles. The van der Waals surface area contributed by atoms with Crippen molar-refractivity contribution in [1.82, 2.24) is 0 Å². The van der Waals surface area contributed by atoms with Crippen LogP contribution in [0.5, 0.6) is 0 Å². The Kier molecular flexibility index (Phi) is 3.92. The van der Waals surface area contributed by atoms with Crippen molar-refractivity contribution in [1.29, 1.82) is 0 Å². The third-order valence-electron chi connectivity index (χ3n) is 1.94. The lowest BCUT2D eigenvalue weighted by Gasteiger charge is -2.08. The maximum Gasteiger partial charge on any atom is 0.0718 e. The number of aliphatic carboxylic acids is 1. The van der Waals surface area contributed by atoms with E-state index >= 15 is 0 Å². The summed E-state index contributed by atoms with van der Waals surface area (Å²) in [6.07, 6.45) is 3.41. The highest BCUT2D eigenvalue weighted by atomic mass is 16.4. The molecule has 0 unspecified atom stereocenters. The summed E-state index contributed by atoms with van der Waals surface area (Å²) in [6.45, 7) is 2.01. The van der Waals surface area contributed by atoms with Crippen LogP contribution in [0.1, 0.15) is 25.3 Å². The first-order chi connectivity index (χ1) is 6.75. The van der Waals surface area contributed by atoms with Crippen molar-refractivity contribution in [2.75, 3.05) is 0 Å². The molecule has 0 heterocycles. The predicted molar refractivity (Wildman–Crippen MR) is 54.3 cm³/mol. The van der Waals surface area contributed by atoms with Gasteiger partial charge in [0.05, 0.1) is 5.97 Å². The number of carbonyl (C=O) groups excluding carboxylic acids is 1. The van der Waals surface area contributed by atoms with Crippen LogP contribution in [0.4, 0.5) is 0 Å². The van der Waals surface area contributed by atoms with Crippen LogP contribution in [-0.4, -0.2) is 5.97 Å². The summed E-state index contributed by atoms with van der Waals surface area (Å²) in [5.74, 6) is -1.11. The molecule has 1 aromatic rings. The molecule has 0 spiro atoms. The van der Waals surface area contributed by atoms with Gasteiger partial charge < -0.3 is 9.90 Å². The highest BCUT2D eigenvalue weighted by molar-refractivity contribution is 6.14. The van der Waals surface area contributed by atoms with Gasteiger partial charge in [0.25, 0.3) is 0 Å². The Bertz CT molecular complexity index is 325. The predicted octanol–water partition coefficient (Wildman–Crippen LogP) is 1.62. The van der Waals surface area contributed by atoms with E-state index in [4.69, 9.17) is 0 Å². The van der Waals surface area contributed by atoms with E-state index in [9.17, 15) is 9.90 Å². The molecule has 0 radical (unpaired) electrons. The van der Waals surface area contributed by atoms with E-state index < -0.39 is 5.97 Å². The van der Waals surface area contributed by atoms with Gasteiger partial charge in [-0.05, 0) is 12.0 Å². The van der Waals surface area contributed by atoms with Crippen molar-refractivity contribution in [2.45, 2.75) is 19.8 Å². The van der Waals surface area contributed by atoms with Gasteiger partial charge in [-0.3, -0.25) is 0 Å². The Morgan fingerprint density at radius 2 is 2.00 bits per heavy atom. The van der Waals surface area contributed by atoms with Crippen LogP contribution in [0.2, 0.25) is 0 Å². The second kappa shape index (κ2) is 5.22. The van der Waals surface area contributed by atoms with E-state index in [-0.39, 0.29) is 5.57 Å². The molecule has 0 saturated carbocycles. The van der Waals surface area contributed by atoms with Gasteiger partial charge in [0, 0.05) is 5.57 Å². The number of carbonyl (C=O) groups is 1. The van der Waals surface area contributed by atoms with Crippen molar-refractivity contribution in [3.05, 3.63) is 42.0 Å². The molecule has 1 aromatic carbocycles. The zero-order chi connectivity index (χ0) is 10.4. The monoisotopic (exact) mass is 189 g/mol. The number of carboxylic acid groups (broad SMARTS) is 1. The Morgan fingerprint density at radius 3 is 2.50 bits per heavy atom. The Labute approximate surface area is 83.9 Å². The van der Waals surface area contributed by atoms with Gasteiger partial charge in [-0.25, -0.2) is 0 Å². The normalized spacial score (nSPS) is 11.4. The number of benzene rings is 1. The summed E-state index contributed by atoms with van der Waals surface area (Å²) in [5, 5.41) is 10.8. The second-order valence-electron chi connectivity index (χ2n) is 3.06. The molecule has 0 amide bonds. The van der Waals surface area contributed by atoms with Crippen LogP contribution in [0.3, 0.4) is 0 Å². The topological polar surface area (TPSA) is 40.1 Å². The van der Waals surface area contributed by atoms with E-state index in [2.05, 4.69) is 0 Å². The Balaban J connectivity index is 2.95. The summed E-state index contributed by atoms with van der Waals surface area (Å²) < 4.78 is 0. The van der Waals surface area contributed by atoms with Crippen LogP contribution in [0, 0.1) is 0 Å². The van der Waals surface area contributed by atoms with Crippen molar-refractivity contribution in [3.8, 4) is 0 Å². The van der Waals surface area contributed by atoms with Gasteiger partial charge in [0.1, 0.15) is 0 Å². The molecule has 0 aliphatic rings. The van der Waals surface area contributed by atoms with Gasteiger partial charge >= 0.3 is 0 Å². The van der Waals surface area contributed by atoms with Gasteiger partial charge in [-0.15, -0.1) is 0 Å². The molecule has 0 aliphatic heterocycles. The number of unbranched alkanes of at least 4 members (excludes halogenated alkanes) is 1. The molecule has 2 heteroatoms. The van der Waals surface area contributed by atoms with Crippen molar-refractivity contribution >= 4 is 11.5 Å². The molecule has 14 heavy (non-hydrogen) atoms. The molecule has 0 fully saturated rings. The fourth-order valence-corrected chi connectivity index (χ4v) is 1.23. The maximum atomic E-state index is 10.8. The van der Waals surface area contributed by atoms with E-state index in [1.807, 2.05) is 25.1 Å². The van der Waals surface area contributed by atoms with E-state index in [0.29, 0.717) is 5.56 Å². The molecule has 74 valence electrons. The molecule has 1 rings (SSSR count). The average molecular weight is 189 g/mol. The van der Waals surface area contributed by atoms with Crippen LogP contribution < -0.4 is 5.11 Å². The van der Waals surface area contributed by atoms with Crippen LogP contribution >= 0.6 is 0 Å². The fraction of sp³-hybridized carbons (Fsp3) is 0.250. The lowest BCUT2D eigenvalue weighted by atomic mass is 10.0. The smallest absolute Gasteiger partial charge is 0.0718 e. The fourth-order valence-electron chi connectivity index (χ4n) is 1.23. The number of allylic oxidation sites excluding steroid dienone is 1. The third kappa shape index (κ3) is 2.73. The molecular weight excluding hydrogens is 176 g/mol. The third-order valence-corrected chi connectivity index (χ3v) is 1.94. The molecule has 0 saturated heterocycles. The molecular formula is C12H13O2-. The van der Waals surface area contributed by atoms with E-state index in [0.717, 1.165) is 12.8 Å². The van der Waals surface area contributed by atoms with Gasteiger partial charge in [0.2, 0.25) is 0 Å². The molecule has 0 atom stereocenters. The highest BCUT2D eigenvalue weighted by Gasteiger charge is 2.00. The molecule has 0 aliphatic carbocycles. The average Bonchev–Trinajstić information content (AvgIpc) is 2.19. The first-order valence-electron chi connectivity index (χ1n) is 4.72. The largest absolute Gasteiger partial charge is 0.545 e. The quantitative estimate of drug-likeness (QED) is 0.675. The zero-order valence-corrected chi connectivity index (χ0v) is 8.19. The van der Waals surface area contributed by atoms with Crippen LogP contribution in [-0.2, 0) is 4.79 Å². The second-order valence-corrected chi connectivity index (χ2v) is 3.06. The zero-order valence-electron chi connectivity index (χ0n) is 8.19. The van der Waals surface area contributed by atoms with E-state index in [1.165, 1.54) is 0 Å². The van der Waals surface area contributed by atoms with Gasteiger partial charge in [-0.1, -0.05) is 49.8 Å². The minimum absolute atomic E-state index is 0.285. The SMILES string of the molecule is CCC/C=C(\C(=O)[O-])c1ccccc1. The number of hydrogen-bond acceptors (Lipinski definition) is 2. The Morgan fingerprint density at radius 1 is 1.36 bits per heavy atom. The van der Waals surface area contributed by atoms with Crippen LogP contribution in [0.15, 0.2) is 36.4 Å². The summed E-state index contributed by atoms with van der Waals surface area (Å²) in [6, 6.07) is 9.04. The number of carboxylic acids is 1. The highest BCUT2D eigenvalue weighted by Crippen LogP contribution is 2.14. The first kappa shape index (κ1) is 10.5. The summed E-state index contributed by atoms with van der Waals surface area (Å²) in [4.78, 5) is 10.8. The van der Waals surface area contributed by atoms with Gasteiger partial charge in [-0.2, -0.15) is 0 Å². The maximum absolute atomic E-state index is 10.8. The van der Waals surface area contributed by atoms with Crippen LogP contribution in [0.25, 0.3) is 5.57 Å². The summed E-state index contributed by atoms with van der Waals surface area (Å²) >= 11 is 0. The summed E-state index contributed by atoms with van der Waals surface area (Å²) in [5.41, 5.74) is 0.994. The number of rotatable bonds is 4. The number of hydrogen-bond donors (Lipinski definition) is 0. The van der Waals surface area contributed by atoms with Crippen molar-refractivity contribution < 1.29 is 9.90 Å². The molecule has 0 N–H and O–H groups in total. The molecule has 0 bridgehead atoms. The first-order valence-corrected chi connectivity index (χ1v) is 4.72. The minimum atomic E-state index is -1.11.